The predicted molar refractivity (Wildman–Crippen MR) is 80.5 cm³/mol. The Morgan fingerprint density at radius 3 is 1.18 bits per heavy atom. The highest BCUT2D eigenvalue weighted by atomic mass is 16.4. The van der Waals surface area contributed by atoms with E-state index in [1.54, 1.807) is 6.92 Å². The quantitative estimate of drug-likeness (QED) is 0.308. The van der Waals surface area contributed by atoms with Crippen molar-refractivity contribution in [2.75, 3.05) is 26.4 Å². The van der Waals surface area contributed by atoms with Crippen LogP contribution in [0.3, 0.4) is 0 Å². The minimum Gasteiger partial charge on any atom is -0.481 e. The van der Waals surface area contributed by atoms with Crippen molar-refractivity contribution in [3.05, 3.63) is 0 Å². The number of aliphatic carboxylic acids is 2. The van der Waals surface area contributed by atoms with Crippen molar-refractivity contribution in [2.24, 2.45) is 5.92 Å². The maximum atomic E-state index is 9.90. The molecular formula is C14H30O8. The lowest BCUT2D eigenvalue weighted by atomic mass is 10.2. The zero-order chi connectivity index (χ0) is 17.8. The molecule has 0 saturated heterocycles. The van der Waals surface area contributed by atoms with Crippen molar-refractivity contribution < 1.29 is 40.2 Å². The number of aliphatic hydroxyl groups excluding tert-OH is 4. The largest absolute Gasteiger partial charge is 0.481 e. The van der Waals surface area contributed by atoms with E-state index in [1.807, 2.05) is 0 Å². The molecule has 8 nitrogen and oxygen atoms in total. The Morgan fingerprint density at radius 2 is 1.05 bits per heavy atom. The summed E-state index contributed by atoms with van der Waals surface area (Å²) in [5, 5.41) is 48.8. The van der Waals surface area contributed by atoms with Crippen LogP contribution in [0.15, 0.2) is 0 Å². The van der Waals surface area contributed by atoms with Crippen molar-refractivity contribution >= 4 is 11.9 Å². The van der Waals surface area contributed by atoms with Gasteiger partial charge in [0.15, 0.2) is 0 Å². The highest BCUT2D eigenvalue weighted by molar-refractivity contribution is 5.67. The molecule has 0 amide bonds. The lowest BCUT2D eigenvalue weighted by molar-refractivity contribution is -0.139. The molecule has 0 fully saturated rings. The molecule has 0 aromatic heterocycles. The van der Waals surface area contributed by atoms with Gasteiger partial charge in [-0.3, -0.25) is 9.59 Å². The summed E-state index contributed by atoms with van der Waals surface area (Å²) in [6, 6.07) is 0. The molecular weight excluding hydrogens is 296 g/mol. The van der Waals surface area contributed by atoms with Crippen molar-refractivity contribution in [1.29, 1.82) is 0 Å². The average Bonchev–Trinajstić information content (AvgIpc) is 2.49. The molecule has 0 unspecified atom stereocenters. The lowest BCUT2D eigenvalue weighted by Crippen LogP contribution is -2.04. The Bertz CT molecular complexity index is 221. The maximum absolute atomic E-state index is 9.90. The molecule has 0 aliphatic carbocycles. The number of unbranched alkanes of at least 4 members (excludes halogenated alkanes) is 2. The Balaban J connectivity index is -0.000000261. The molecule has 0 aliphatic rings. The highest BCUT2D eigenvalue weighted by Gasteiger charge is 1.99. The van der Waals surface area contributed by atoms with E-state index < -0.39 is 11.9 Å². The van der Waals surface area contributed by atoms with E-state index in [0.29, 0.717) is 12.8 Å². The third-order valence-electron chi connectivity index (χ3n) is 2.22. The van der Waals surface area contributed by atoms with Gasteiger partial charge in [0.25, 0.3) is 0 Å². The minimum absolute atomic E-state index is 0.0463. The minimum atomic E-state index is -0.870. The summed E-state index contributed by atoms with van der Waals surface area (Å²) in [6.45, 7) is 2.33. The molecule has 0 aliphatic heterocycles. The number of hydrogen-bond acceptors (Lipinski definition) is 6. The first-order chi connectivity index (χ1) is 10.3. The summed E-state index contributed by atoms with van der Waals surface area (Å²) in [5.74, 6) is -1.69. The van der Waals surface area contributed by atoms with Crippen LogP contribution in [0.1, 0.15) is 45.4 Å². The van der Waals surface area contributed by atoms with Crippen LogP contribution in [0.2, 0.25) is 0 Å². The van der Waals surface area contributed by atoms with Crippen LogP contribution in [-0.2, 0) is 9.59 Å². The summed E-state index contributed by atoms with van der Waals surface area (Å²) in [7, 11) is 0. The van der Waals surface area contributed by atoms with E-state index in [0.717, 1.165) is 12.8 Å². The summed E-state index contributed by atoms with van der Waals surface area (Å²) in [4.78, 5) is 19.8. The summed E-state index contributed by atoms with van der Waals surface area (Å²) in [6.07, 6.45) is 2.46. The second-order valence-corrected chi connectivity index (χ2v) is 4.62. The van der Waals surface area contributed by atoms with Gasteiger partial charge in [-0.05, 0) is 25.7 Å². The van der Waals surface area contributed by atoms with Crippen LogP contribution in [0.4, 0.5) is 0 Å². The Kier molecular flexibility index (Phi) is 25.8. The van der Waals surface area contributed by atoms with E-state index in [4.69, 9.17) is 30.6 Å². The summed E-state index contributed by atoms with van der Waals surface area (Å²) < 4.78 is 0. The van der Waals surface area contributed by atoms with Crippen molar-refractivity contribution in [3.63, 3.8) is 0 Å². The van der Waals surface area contributed by atoms with Gasteiger partial charge < -0.3 is 30.6 Å². The Hall–Kier alpha value is -1.22. The van der Waals surface area contributed by atoms with Gasteiger partial charge in [-0.15, -0.1) is 0 Å². The molecule has 0 saturated carbocycles. The lowest BCUT2D eigenvalue weighted by Gasteiger charge is -1.97. The van der Waals surface area contributed by atoms with Crippen molar-refractivity contribution in [1.82, 2.24) is 0 Å². The molecule has 0 atom stereocenters. The molecule has 0 spiro atoms. The first kappa shape index (κ1) is 25.7. The first-order valence-corrected chi connectivity index (χ1v) is 7.22. The fourth-order valence-electron chi connectivity index (χ4n) is 0.834. The van der Waals surface area contributed by atoms with Gasteiger partial charge in [-0.1, -0.05) is 6.92 Å². The fourth-order valence-corrected chi connectivity index (χ4v) is 0.834. The number of carbonyl (C=O) groups is 2. The summed E-state index contributed by atoms with van der Waals surface area (Å²) >= 11 is 0. The number of rotatable bonds is 10. The van der Waals surface area contributed by atoms with E-state index in [2.05, 4.69) is 0 Å². The van der Waals surface area contributed by atoms with Gasteiger partial charge in [0, 0.05) is 45.2 Å². The molecule has 22 heavy (non-hydrogen) atoms. The van der Waals surface area contributed by atoms with Crippen LogP contribution in [0.25, 0.3) is 0 Å². The molecule has 0 aromatic rings. The first-order valence-electron chi connectivity index (χ1n) is 7.22. The van der Waals surface area contributed by atoms with Crippen LogP contribution in [0, 0.1) is 5.92 Å². The Morgan fingerprint density at radius 1 is 0.727 bits per heavy atom. The highest BCUT2D eigenvalue weighted by Crippen LogP contribution is 1.98. The number of hydrogen-bond donors (Lipinski definition) is 6. The topological polar surface area (TPSA) is 156 Å². The van der Waals surface area contributed by atoms with Crippen molar-refractivity contribution in [2.45, 2.75) is 45.4 Å². The van der Waals surface area contributed by atoms with E-state index in [1.165, 1.54) is 0 Å². The zero-order valence-electron chi connectivity index (χ0n) is 13.1. The molecule has 134 valence electrons. The predicted octanol–water partition coefficient (Wildman–Crippen LogP) is 0.0743. The van der Waals surface area contributed by atoms with Crippen LogP contribution >= 0.6 is 0 Å². The second-order valence-electron chi connectivity index (χ2n) is 4.62. The van der Waals surface area contributed by atoms with Gasteiger partial charge in [0.1, 0.15) is 0 Å². The Labute approximate surface area is 131 Å². The average molecular weight is 326 g/mol. The van der Waals surface area contributed by atoms with E-state index in [-0.39, 0.29) is 45.2 Å². The summed E-state index contributed by atoms with van der Waals surface area (Å²) in [5.41, 5.74) is 0. The smallest absolute Gasteiger partial charge is 0.303 e. The molecule has 0 bridgehead atoms. The van der Waals surface area contributed by atoms with E-state index in [9.17, 15) is 9.59 Å². The van der Waals surface area contributed by atoms with Gasteiger partial charge in [-0.2, -0.15) is 0 Å². The van der Waals surface area contributed by atoms with Gasteiger partial charge in [0.2, 0.25) is 0 Å². The van der Waals surface area contributed by atoms with E-state index >= 15 is 0 Å². The number of carboxylic acid groups (broad SMARTS) is 2. The van der Waals surface area contributed by atoms with Gasteiger partial charge in [0.05, 0.1) is 0 Å². The molecule has 0 radical (unpaired) electrons. The molecule has 6 N–H and O–H groups in total. The second kappa shape index (κ2) is 22.1. The third-order valence-corrected chi connectivity index (χ3v) is 2.22. The maximum Gasteiger partial charge on any atom is 0.303 e. The molecule has 0 aromatic carbocycles. The molecule has 8 heteroatoms. The SMILES string of the molecule is CC(CO)CO.O=C(O)CCCCC(=O)O.OCCCCO. The third kappa shape index (κ3) is 36.3. The van der Waals surface area contributed by atoms with Crippen LogP contribution in [-0.4, -0.2) is 69.0 Å². The number of carboxylic acids is 2. The van der Waals surface area contributed by atoms with Crippen LogP contribution < -0.4 is 0 Å². The van der Waals surface area contributed by atoms with Crippen molar-refractivity contribution in [3.8, 4) is 0 Å². The molecule has 0 heterocycles. The normalized spacial score (nSPS) is 9.36. The van der Waals surface area contributed by atoms with Gasteiger partial charge >= 0.3 is 11.9 Å². The fraction of sp³-hybridized carbons (Fsp3) is 0.857. The van der Waals surface area contributed by atoms with Gasteiger partial charge in [-0.25, -0.2) is 0 Å². The molecule has 0 rings (SSSR count). The van der Waals surface area contributed by atoms with Crippen LogP contribution in [0.5, 0.6) is 0 Å². The zero-order valence-corrected chi connectivity index (χ0v) is 13.1. The standard InChI is InChI=1S/C6H10O4.2C4H10O2/c7-5(8)3-1-2-4-6(9)10;1-4(2-5)3-6;5-3-1-2-4-6/h1-4H2,(H,7,8)(H,9,10);4-6H,2-3H2,1H3;5-6H,1-4H2. The number of aliphatic hydroxyl groups is 4. The monoisotopic (exact) mass is 326 g/mol.